The molecule has 7 heteroatoms. The number of morpholine rings is 1. The van der Waals surface area contributed by atoms with Gasteiger partial charge in [-0.05, 0) is 48.6 Å². The third-order valence-corrected chi connectivity index (χ3v) is 4.95. The van der Waals surface area contributed by atoms with Crippen molar-refractivity contribution in [3.05, 3.63) is 78.0 Å². The summed E-state index contributed by atoms with van der Waals surface area (Å²) >= 11 is 0. The van der Waals surface area contributed by atoms with Gasteiger partial charge in [-0.3, -0.25) is 14.4 Å². The summed E-state index contributed by atoms with van der Waals surface area (Å²) in [6.07, 6.45) is 3.14. The summed E-state index contributed by atoms with van der Waals surface area (Å²) in [7, 11) is 0. The van der Waals surface area contributed by atoms with Crippen LogP contribution >= 0.6 is 0 Å². The van der Waals surface area contributed by atoms with E-state index in [2.05, 4.69) is 10.3 Å². The monoisotopic (exact) mass is 415 g/mol. The lowest BCUT2D eigenvalue weighted by atomic mass is 10.1. The molecule has 1 N–H and O–H groups in total. The molecule has 4 rings (SSSR count). The number of ether oxygens (including phenoxy) is 1. The number of para-hydroxylation sites is 1. The van der Waals surface area contributed by atoms with Gasteiger partial charge < -0.3 is 15.0 Å². The fourth-order valence-corrected chi connectivity index (χ4v) is 3.24. The molecule has 0 unspecified atom stereocenters. The topological polar surface area (TPSA) is 88.6 Å². The second-order valence-corrected chi connectivity index (χ2v) is 7.06. The Morgan fingerprint density at radius 3 is 2.45 bits per heavy atom. The second kappa shape index (κ2) is 9.32. The van der Waals surface area contributed by atoms with Gasteiger partial charge in [-0.2, -0.15) is 0 Å². The number of hydrogen-bond acceptors (Lipinski definition) is 5. The average Bonchev–Trinajstić information content (AvgIpc) is 2.83. The van der Waals surface area contributed by atoms with Crippen LogP contribution in [0.15, 0.2) is 66.7 Å². The number of hydrogen-bond donors (Lipinski definition) is 1. The van der Waals surface area contributed by atoms with E-state index >= 15 is 0 Å². The zero-order valence-electron chi connectivity index (χ0n) is 16.8. The van der Waals surface area contributed by atoms with Crippen molar-refractivity contribution in [3.63, 3.8) is 0 Å². The van der Waals surface area contributed by atoms with Gasteiger partial charge in [0.1, 0.15) is 0 Å². The smallest absolute Gasteiger partial charge is 0.313 e. The summed E-state index contributed by atoms with van der Waals surface area (Å²) in [6.45, 7) is 1.66. The molecule has 1 fully saturated rings. The number of anilines is 1. The van der Waals surface area contributed by atoms with Gasteiger partial charge in [-0.1, -0.05) is 24.3 Å². The van der Waals surface area contributed by atoms with Crippen molar-refractivity contribution in [2.75, 3.05) is 31.6 Å². The summed E-state index contributed by atoms with van der Waals surface area (Å²) in [4.78, 5) is 42.8. The number of carbonyl (C=O) groups is 3. The minimum absolute atomic E-state index is 0.183. The second-order valence-electron chi connectivity index (χ2n) is 7.06. The standard InChI is InChI=1S/C24H21N3O4/c28-22(12-11-19-8-5-17-3-1-2-4-21(17)25-19)18-6-9-20(10-7-18)26-23(29)24(30)27-13-15-31-16-14-27/h1-12H,13-16H2,(H,26,29). The Hall–Kier alpha value is -3.84. The van der Waals surface area contributed by atoms with Crippen molar-refractivity contribution < 1.29 is 19.1 Å². The van der Waals surface area contributed by atoms with Crippen LogP contribution in [0.5, 0.6) is 0 Å². The molecule has 3 aromatic rings. The van der Waals surface area contributed by atoms with Crippen LogP contribution in [0.25, 0.3) is 17.0 Å². The SMILES string of the molecule is O=C(Nc1ccc(C(=O)C=Cc2ccc3ccccc3n2)cc1)C(=O)N1CCOCC1. The van der Waals surface area contributed by atoms with Gasteiger partial charge in [0.25, 0.3) is 0 Å². The highest BCUT2D eigenvalue weighted by Gasteiger charge is 2.23. The van der Waals surface area contributed by atoms with E-state index in [9.17, 15) is 14.4 Å². The number of benzene rings is 2. The highest BCUT2D eigenvalue weighted by atomic mass is 16.5. The van der Waals surface area contributed by atoms with Gasteiger partial charge in [0.05, 0.1) is 24.4 Å². The van der Waals surface area contributed by atoms with Crippen LogP contribution in [0.2, 0.25) is 0 Å². The predicted octanol–water partition coefficient (Wildman–Crippen LogP) is 2.93. The third kappa shape index (κ3) is 5.02. The molecule has 31 heavy (non-hydrogen) atoms. The zero-order chi connectivity index (χ0) is 21.6. The molecule has 2 heterocycles. The number of pyridine rings is 1. The van der Waals surface area contributed by atoms with Crippen LogP contribution in [0.3, 0.4) is 0 Å². The molecule has 2 aromatic carbocycles. The summed E-state index contributed by atoms with van der Waals surface area (Å²) in [6, 6.07) is 18.0. The molecule has 1 aromatic heterocycles. The van der Waals surface area contributed by atoms with Crippen molar-refractivity contribution in [1.29, 1.82) is 0 Å². The molecule has 0 saturated carbocycles. The highest BCUT2D eigenvalue weighted by Crippen LogP contribution is 2.14. The first-order valence-electron chi connectivity index (χ1n) is 9.96. The van der Waals surface area contributed by atoms with E-state index in [1.165, 1.54) is 11.0 Å². The number of nitrogens with zero attached hydrogens (tertiary/aromatic N) is 2. The molecule has 156 valence electrons. The maximum absolute atomic E-state index is 12.5. The van der Waals surface area contributed by atoms with Crippen LogP contribution in [0, 0.1) is 0 Å². The fourth-order valence-electron chi connectivity index (χ4n) is 3.24. The molecule has 1 saturated heterocycles. The molecular weight excluding hydrogens is 394 g/mol. The van der Waals surface area contributed by atoms with Gasteiger partial charge in [-0.15, -0.1) is 0 Å². The van der Waals surface area contributed by atoms with Gasteiger partial charge in [-0.25, -0.2) is 4.98 Å². The molecule has 0 aliphatic carbocycles. The molecular formula is C24H21N3O4. The van der Waals surface area contributed by atoms with Crippen LogP contribution in [0.4, 0.5) is 5.69 Å². The van der Waals surface area contributed by atoms with Crippen molar-refractivity contribution in [2.24, 2.45) is 0 Å². The Labute approximate surface area is 179 Å². The minimum atomic E-state index is -0.705. The lowest BCUT2D eigenvalue weighted by Gasteiger charge is -2.26. The molecule has 0 atom stereocenters. The van der Waals surface area contributed by atoms with Crippen molar-refractivity contribution in [2.45, 2.75) is 0 Å². The summed E-state index contributed by atoms with van der Waals surface area (Å²) in [5.74, 6) is -1.48. The average molecular weight is 415 g/mol. The molecule has 0 radical (unpaired) electrons. The van der Waals surface area contributed by atoms with E-state index < -0.39 is 11.8 Å². The lowest BCUT2D eigenvalue weighted by molar-refractivity contribution is -0.145. The predicted molar refractivity (Wildman–Crippen MR) is 118 cm³/mol. The van der Waals surface area contributed by atoms with E-state index in [4.69, 9.17) is 4.74 Å². The first kappa shape index (κ1) is 20.4. The number of ketones is 1. The van der Waals surface area contributed by atoms with Gasteiger partial charge in [0.15, 0.2) is 5.78 Å². The largest absolute Gasteiger partial charge is 0.378 e. The van der Waals surface area contributed by atoms with E-state index in [-0.39, 0.29) is 5.78 Å². The van der Waals surface area contributed by atoms with Crippen LogP contribution in [-0.4, -0.2) is 53.8 Å². The number of carbonyl (C=O) groups excluding carboxylic acids is 3. The number of rotatable bonds is 4. The van der Waals surface area contributed by atoms with Crippen LogP contribution in [0.1, 0.15) is 16.1 Å². The Morgan fingerprint density at radius 1 is 0.935 bits per heavy atom. The highest BCUT2D eigenvalue weighted by molar-refractivity contribution is 6.39. The minimum Gasteiger partial charge on any atom is -0.378 e. The molecule has 0 spiro atoms. The summed E-state index contributed by atoms with van der Waals surface area (Å²) < 4.78 is 5.18. The maximum atomic E-state index is 12.5. The molecule has 2 amide bonds. The normalized spacial score (nSPS) is 14.0. The van der Waals surface area contributed by atoms with Crippen molar-refractivity contribution in [1.82, 2.24) is 9.88 Å². The first-order chi connectivity index (χ1) is 15.1. The van der Waals surface area contributed by atoms with Gasteiger partial charge in [0.2, 0.25) is 0 Å². The number of aromatic nitrogens is 1. The maximum Gasteiger partial charge on any atom is 0.313 e. The van der Waals surface area contributed by atoms with Crippen molar-refractivity contribution >= 4 is 40.3 Å². The Kier molecular flexibility index (Phi) is 6.14. The molecule has 1 aliphatic rings. The Balaban J connectivity index is 1.37. The first-order valence-corrected chi connectivity index (χ1v) is 9.96. The Morgan fingerprint density at radius 2 is 1.68 bits per heavy atom. The molecule has 7 nitrogen and oxygen atoms in total. The van der Waals surface area contributed by atoms with Gasteiger partial charge in [0, 0.05) is 29.7 Å². The molecule has 1 aliphatic heterocycles. The summed E-state index contributed by atoms with van der Waals surface area (Å²) in [5, 5.41) is 3.61. The van der Waals surface area contributed by atoms with E-state index in [0.717, 1.165) is 10.9 Å². The van der Waals surface area contributed by atoms with Crippen LogP contribution in [-0.2, 0) is 14.3 Å². The lowest BCUT2D eigenvalue weighted by Crippen LogP contribution is -2.45. The molecule has 0 bridgehead atoms. The fraction of sp³-hybridized carbons (Fsp3) is 0.167. The Bertz CT molecular complexity index is 1150. The summed E-state index contributed by atoms with van der Waals surface area (Å²) in [5.41, 5.74) is 2.47. The number of amides is 2. The van der Waals surface area contributed by atoms with Crippen LogP contribution < -0.4 is 5.32 Å². The zero-order valence-corrected chi connectivity index (χ0v) is 16.8. The number of allylic oxidation sites excluding steroid dienone is 1. The van der Waals surface area contributed by atoms with E-state index in [1.54, 1.807) is 30.3 Å². The van der Waals surface area contributed by atoms with Gasteiger partial charge >= 0.3 is 11.8 Å². The van der Waals surface area contributed by atoms with E-state index in [0.29, 0.717) is 43.2 Å². The third-order valence-electron chi connectivity index (χ3n) is 4.95. The number of nitrogens with one attached hydrogen (secondary N) is 1. The van der Waals surface area contributed by atoms with E-state index in [1.807, 2.05) is 36.4 Å². The number of fused-ring (bicyclic) bond motifs is 1. The van der Waals surface area contributed by atoms with Crippen molar-refractivity contribution in [3.8, 4) is 0 Å². The quantitative estimate of drug-likeness (QED) is 0.402.